The van der Waals surface area contributed by atoms with Gasteiger partial charge in [-0.3, -0.25) is 9.78 Å². The molecule has 1 aliphatic heterocycles. The van der Waals surface area contributed by atoms with E-state index < -0.39 is 22.6 Å². The number of hydrogen-bond donors (Lipinski definition) is 0. The summed E-state index contributed by atoms with van der Waals surface area (Å²) in [5.41, 5.74) is 0.688. The molecule has 1 aromatic carbocycles. The van der Waals surface area contributed by atoms with E-state index >= 15 is 0 Å². The number of benzene rings is 1. The average Bonchev–Trinajstić information content (AvgIpc) is 2.73. The average molecular weight is 404 g/mol. The number of carbonyl (C=O) groups is 2. The Morgan fingerprint density at radius 1 is 1.04 bits per heavy atom. The largest absolute Gasteiger partial charge is 0.451 e. The maximum Gasteiger partial charge on any atom is 0.359 e. The third-order valence-corrected chi connectivity index (χ3v) is 6.20. The molecule has 10 heteroatoms. The summed E-state index contributed by atoms with van der Waals surface area (Å²) in [5.74, 6) is -1.11. The van der Waals surface area contributed by atoms with Crippen molar-refractivity contribution in [3.63, 3.8) is 0 Å². The van der Waals surface area contributed by atoms with Gasteiger partial charge in [0.05, 0.1) is 16.8 Å². The molecule has 1 amide bonds. The molecule has 1 aromatic heterocycles. The first-order valence-corrected chi connectivity index (χ1v) is 10.1. The highest BCUT2D eigenvalue weighted by atomic mass is 32.2. The van der Waals surface area contributed by atoms with Crippen LogP contribution in [0.15, 0.2) is 47.6 Å². The predicted octanol–water partition coefficient (Wildman–Crippen LogP) is 0.475. The van der Waals surface area contributed by atoms with E-state index in [-0.39, 0.29) is 42.7 Å². The molecule has 0 aliphatic carbocycles. The maximum atomic E-state index is 12.6. The molecule has 0 atom stereocenters. The van der Waals surface area contributed by atoms with Crippen LogP contribution in [0.1, 0.15) is 16.2 Å². The zero-order valence-corrected chi connectivity index (χ0v) is 16.1. The van der Waals surface area contributed by atoms with E-state index in [1.54, 1.807) is 37.3 Å². The van der Waals surface area contributed by atoms with E-state index in [0.717, 1.165) is 0 Å². The van der Waals surface area contributed by atoms with Gasteiger partial charge >= 0.3 is 5.97 Å². The van der Waals surface area contributed by atoms with Gasteiger partial charge < -0.3 is 9.64 Å². The molecule has 1 aliphatic rings. The molecule has 0 saturated carbocycles. The van der Waals surface area contributed by atoms with Crippen LogP contribution in [0.4, 0.5) is 0 Å². The van der Waals surface area contributed by atoms with Crippen molar-refractivity contribution >= 4 is 21.9 Å². The number of nitrogens with zero attached hydrogens (tertiary/aromatic N) is 4. The Morgan fingerprint density at radius 3 is 2.32 bits per heavy atom. The van der Waals surface area contributed by atoms with E-state index in [2.05, 4.69) is 9.97 Å². The number of piperazine rings is 1. The number of aryl methyl sites for hydroxylation is 1. The molecule has 0 N–H and O–H groups in total. The Hall–Kier alpha value is -2.85. The summed E-state index contributed by atoms with van der Waals surface area (Å²) in [7, 11) is -3.58. The SMILES string of the molecule is Cc1cnc(C(=O)OCC(=O)N2CCN(S(=O)(=O)c3ccccc3)CC2)cn1. The third kappa shape index (κ3) is 4.52. The fraction of sp³-hybridized carbons (Fsp3) is 0.333. The zero-order valence-electron chi connectivity index (χ0n) is 15.3. The van der Waals surface area contributed by atoms with E-state index in [4.69, 9.17) is 4.74 Å². The summed E-state index contributed by atoms with van der Waals surface area (Å²) in [6.45, 7) is 2.13. The second kappa shape index (κ2) is 8.44. The van der Waals surface area contributed by atoms with Crippen molar-refractivity contribution in [2.24, 2.45) is 0 Å². The Labute approximate surface area is 163 Å². The van der Waals surface area contributed by atoms with Gasteiger partial charge in [0.15, 0.2) is 12.3 Å². The fourth-order valence-corrected chi connectivity index (χ4v) is 4.15. The normalized spacial score (nSPS) is 15.2. The number of aromatic nitrogens is 2. The van der Waals surface area contributed by atoms with Gasteiger partial charge in [0.2, 0.25) is 10.0 Å². The van der Waals surface area contributed by atoms with Crippen LogP contribution >= 0.6 is 0 Å². The first-order valence-electron chi connectivity index (χ1n) is 8.66. The minimum Gasteiger partial charge on any atom is -0.451 e. The number of sulfonamides is 1. The molecule has 9 nitrogen and oxygen atoms in total. The van der Waals surface area contributed by atoms with Crippen LogP contribution in [0, 0.1) is 6.92 Å². The van der Waals surface area contributed by atoms with Gasteiger partial charge in [0.1, 0.15) is 0 Å². The van der Waals surface area contributed by atoms with Crippen LogP contribution in [0.3, 0.4) is 0 Å². The number of esters is 1. The molecule has 1 fully saturated rings. The third-order valence-electron chi connectivity index (χ3n) is 4.29. The predicted molar refractivity (Wildman–Crippen MR) is 98.8 cm³/mol. The van der Waals surface area contributed by atoms with Crippen LogP contribution in [-0.2, 0) is 19.6 Å². The highest BCUT2D eigenvalue weighted by Gasteiger charge is 2.30. The highest BCUT2D eigenvalue weighted by molar-refractivity contribution is 7.89. The smallest absolute Gasteiger partial charge is 0.359 e. The number of amides is 1. The Bertz CT molecular complexity index is 940. The summed E-state index contributed by atoms with van der Waals surface area (Å²) in [6, 6.07) is 8.17. The lowest BCUT2D eigenvalue weighted by Gasteiger charge is -2.33. The molecule has 2 heterocycles. The van der Waals surface area contributed by atoms with Crippen molar-refractivity contribution in [3.8, 4) is 0 Å². The molecule has 0 bridgehead atoms. The fourth-order valence-electron chi connectivity index (χ4n) is 2.71. The molecule has 1 saturated heterocycles. The van der Waals surface area contributed by atoms with Crippen molar-refractivity contribution in [2.45, 2.75) is 11.8 Å². The standard InChI is InChI=1S/C18H20N4O5S/c1-14-11-20-16(12-19-14)18(24)27-13-17(23)21-7-9-22(10-8-21)28(25,26)15-5-3-2-4-6-15/h2-6,11-12H,7-10,13H2,1H3. The topological polar surface area (TPSA) is 110 Å². The quantitative estimate of drug-likeness (QED) is 0.667. The highest BCUT2D eigenvalue weighted by Crippen LogP contribution is 2.17. The van der Waals surface area contributed by atoms with Crippen molar-refractivity contribution < 1.29 is 22.7 Å². The number of rotatable bonds is 5. The van der Waals surface area contributed by atoms with Crippen LogP contribution < -0.4 is 0 Å². The van der Waals surface area contributed by atoms with Crippen LogP contribution in [-0.4, -0.2) is 72.3 Å². The van der Waals surface area contributed by atoms with Crippen molar-refractivity contribution in [2.75, 3.05) is 32.8 Å². The van der Waals surface area contributed by atoms with Gasteiger partial charge in [-0.1, -0.05) is 18.2 Å². The lowest BCUT2D eigenvalue weighted by molar-refractivity contribution is -0.135. The van der Waals surface area contributed by atoms with E-state index in [1.807, 2.05) is 0 Å². The van der Waals surface area contributed by atoms with Gasteiger partial charge in [0.25, 0.3) is 5.91 Å². The summed E-state index contributed by atoms with van der Waals surface area (Å²) in [5, 5.41) is 0. The maximum absolute atomic E-state index is 12.6. The number of hydrogen-bond acceptors (Lipinski definition) is 7. The van der Waals surface area contributed by atoms with Crippen molar-refractivity contribution in [3.05, 3.63) is 54.1 Å². The van der Waals surface area contributed by atoms with Gasteiger partial charge in [0, 0.05) is 32.4 Å². The number of carbonyl (C=O) groups excluding carboxylic acids is 2. The summed E-state index contributed by atoms with van der Waals surface area (Å²) >= 11 is 0. The first-order chi connectivity index (χ1) is 13.4. The Morgan fingerprint density at radius 2 is 1.71 bits per heavy atom. The Kier molecular flexibility index (Phi) is 6.00. The zero-order chi connectivity index (χ0) is 20.1. The minimum atomic E-state index is -3.58. The van der Waals surface area contributed by atoms with Crippen LogP contribution in [0.2, 0.25) is 0 Å². The summed E-state index contributed by atoms with van der Waals surface area (Å²) in [4.78, 5) is 33.7. The van der Waals surface area contributed by atoms with Gasteiger partial charge in [-0.2, -0.15) is 4.31 Å². The lowest BCUT2D eigenvalue weighted by atomic mass is 10.3. The molecule has 148 valence electrons. The second-order valence-corrected chi connectivity index (χ2v) is 8.16. The first kappa shape index (κ1) is 19.9. The molecular weight excluding hydrogens is 384 g/mol. The van der Waals surface area contributed by atoms with Gasteiger partial charge in [-0.05, 0) is 19.1 Å². The number of ether oxygens (including phenoxy) is 1. The second-order valence-electron chi connectivity index (χ2n) is 6.22. The molecule has 3 rings (SSSR count). The molecule has 0 spiro atoms. The lowest BCUT2D eigenvalue weighted by Crippen LogP contribution is -2.51. The minimum absolute atomic E-state index is 0.0252. The molecule has 28 heavy (non-hydrogen) atoms. The van der Waals surface area contributed by atoms with E-state index in [1.165, 1.54) is 21.6 Å². The van der Waals surface area contributed by atoms with Crippen LogP contribution in [0.5, 0.6) is 0 Å². The van der Waals surface area contributed by atoms with Gasteiger partial charge in [-0.15, -0.1) is 0 Å². The molecule has 2 aromatic rings. The van der Waals surface area contributed by atoms with Crippen molar-refractivity contribution in [1.29, 1.82) is 0 Å². The molecule has 0 radical (unpaired) electrons. The Balaban J connectivity index is 1.51. The monoisotopic (exact) mass is 404 g/mol. The van der Waals surface area contributed by atoms with Crippen LogP contribution in [0.25, 0.3) is 0 Å². The van der Waals surface area contributed by atoms with Crippen molar-refractivity contribution in [1.82, 2.24) is 19.2 Å². The molecule has 0 unspecified atom stereocenters. The van der Waals surface area contributed by atoms with E-state index in [0.29, 0.717) is 5.69 Å². The van der Waals surface area contributed by atoms with E-state index in [9.17, 15) is 18.0 Å². The van der Waals surface area contributed by atoms with Gasteiger partial charge in [-0.25, -0.2) is 18.2 Å². The molecular formula is C18H20N4O5S. The summed E-state index contributed by atoms with van der Waals surface area (Å²) < 4.78 is 31.5. The summed E-state index contributed by atoms with van der Waals surface area (Å²) in [6.07, 6.45) is 2.72.